The molecule has 0 radical (unpaired) electrons. The largest absolute Gasteiger partial charge is 0.383 e. The molecule has 0 saturated carbocycles. The number of hydrogen-bond acceptors (Lipinski definition) is 2. The molecule has 0 aromatic carbocycles. The van der Waals surface area contributed by atoms with Crippen LogP contribution in [0.3, 0.4) is 0 Å². The fourth-order valence-electron chi connectivity index (χ4n) is 2.03. The van der Waals surface area contributed by atoms with Crippen LogP contribution < -0.4 is 5.32 Å². The van der Waals surface area contributed by atoms with Crippen LogP contribution in [-0.2, 0) is 4.79 Å². The lowest BCUT2D eigenvalue weighted by atomic mass is 10.2. The Kier molecular flexibility index (Phi) is 5.37. The van der Waals surface area contributed by atoms with E-state index < -0.39 is 18.3 Å². The van der Waals surface area contributed by atoms with Crippen LogP contribution in [0.15, 0.2) is 0 Å². The summed E-state index contributed by atoms with van der Waals surface area (Å²) in [6, 6.07) is -0.0750. The molecule has 1 fully saturated rings. The molecule has 1 amide bonds. The lowest BCUT2D eigenvalue weighted by Crippen LogP contribution is -2.51. The van der Waals surface area contributed by atoms with E-state index in [0.29, 0.717) is 6.42 Å². The third kappa shape index (κ3) is 3.57. The van der Waals surface area contributed by atoms with Gasteiger partial charge in [0.05, 0.1) is 0 Å². The van der Waals surface area contributed by atoms with Crippen LogP contribution in [0.1, 0.15) is 26.2 Å². The standard InChI is InChI=1S/C11H18F4N2O/c1-2-6-17(7-8-4-3-5-16-8)10(18)11(14,15)9(12)13/h8-9,16H,2-7H2,1H3. The molecule has 0 aromatic rings. The summed E-state index contributed by atoms with van der Waals surface area (Å²) >= 11 is 0. The van der Waals surface area contributed by atoms with Gasteiger partial charge in [-0.15, -0.1) is 0 Å². The number of hydrogen-bond donors (Lipinski definition) is 1. The third-order valence-electron chi connectivity index (χ3n) is 2.94. The molecule has 1 N–H and O–H groups in total. The van der Waals surface area contributed by atoms with Gasteiger partial charge in [-0.3, -0.25) is 4.79 Å². The van der Waals surface area contributed by atoms with Gasteiger partial charge in [0, 0.05) is 19.1 Å². The summed E-state index contributed by atoms with van der Waals surface area (Å²) in [6.07, 6.45) is -1.82. The summed E-state index contributed by atoms with van der Waals surface area (Å²) in [4.78, 5) is 12.3. The smallest absolute Gasteiger partial charge is 0.336 e. The van der Waals surface area contributed by atoms with Gasteiger partial charge in [-0.1, -0.05) is 6.92 Å². The maximum absolute atomic E-state index is 13.0. The predicted molar refractivity (Wildman–Crippen MR) is 58.8 cm³/mol. The van der Waals surface area contributed by atoms with Gasteiger partial charge >= 0.3 is 12.3 Å². The van der Waals surface area contributed by atoms with E-state index in [1.165, 1.54) is 0 Å². The van der Waals surface area contributed by atoms with Gasteiger partial charge in [0.2, 0.25) is 0 Å². The van der Waals surface area contributed by atoms with E-state index >= 15 is 0 Å². The Morgan fingerprint density at radius 2 is 2.17 bits per heavy atom. The van der Waals surface area contributed by atoms with Gasteiger partial charge in [0.15, 0.2) is 0 Å². The van der Waals surface area contributed by atoms with Gasteiger partial charge in [-0.2, -0.15) is 8.78 Å². The highest BCUT2D eigenvalue weighted by atomic mass is 19.3. The zero-order valence-electron chi connectivity index (χ0n) is 10.3. The second-order valence-corrected chi connectivity index (χ2v) is 4.47. The summed E-state index contributed by atoms with van der Waals surface area (Å²) in [6.45, 7) is 2.61. The van der Waals surface area contributed by atoms with Gasteiger partial charge in [0.25, 0.3) is 5.91 Å². The SMILES string of the molecule is CCCN(CC1CCCN1)C(=O)C(F)(F)C(F)F. The number of nitrogens with one attached hydrogen (secondary N) is 1. The van der Waals surface area contributed by atoms with Crippen molar-refractivity contribution in [1.29, 1.82) is 0 Å². The molecule has 0 aliphatic carbocycles. The van der Waals surface area contributed by atoms with Crippen molar-refractivity contribution in [3.05, 3.63) is 0 Å². The van der Waals surface area contributed by atoms with Crippen LogP contribution in [-0.4, -0.2) is 48.8 Å². The first-order valence-electron chi connectivity index (χ1n) is 6.08. The second-order valence-electron chi connectivity index (χ2n) is 4.47. The summed E-state index contributed by atoms with van der Waals surface area (Å²) in [5.41, 5.74) is 0. The van der Waals surface area contributed by atoms with E-state index in [-0.39, 0.29) is 19.1 Å². The Bertz CT molecular complexity index is 280. The molecular formula is C11H18F4N2O. The van der Waals surface area contributed by atoms with Crippen molar-refractivity contribution in [2.75, 3.05) is 19.6 Å². The molecule has 1 aliphatic heterocycles. The van der Waals surface area contributed by atoms with Crippen molar-refractivity contribution >= 4 is 5.91 Å². The lowest BCUT2D eigenvalue weighted by molar-refractivity contribution is -0.180. The fourth-order valence-corrected chi connectivity index (χ4v) is 2.03. The molecule has 1 unspecified atom stereocenters. The Balaban J connectivity index is 2.67. The first kappa shape index (κ1) is 15.2. The quantitative estimate of drug-likeness (QED) is 0.747. The molecule has 18 heavy (non-hydrogen) atoms. The van der Waals surface area contributed by atoms with Gasteiger partial charge < -0.3 is 10.2 Å². The highest BCUT2D eigenvalue weighted by Gasteiger charge is 2.51. The molecular weight excluding hydrogens is 252 g/mol. The summed E-state index contributed by atoms with van der Waals surface area (Å²) in [5.74, 6) is -6.36. The second kappa shape index (κ2) is 6.36. The third-order valence-corrected chi connectivity index (χ3v) is 2.94. The highest BCUT2D eigenvalue weighted by molar-refractivity contribution is 5.84. The number of rotatable bonds is 6. The molecule has 0 aromatic heterocycles. The molecule has 1 atom stereocenters. The highest BCUT2D eigenvalue weighted by Crippen LogP contribution is 2.26. The Hall–Kier alpha value is -0.850. The minimum absolute atomic E-state index is 0.0645. The molecule has 1 heterocycles. The first-order valence-corrected chi connectivity index (χ1v) is 6.08. The number of halogens is 4. The minimum Gasteiger partial charge on any atom is -0.336 e. The lowest BCUT2D eigenvalue weighted by Gasteiger charge is -2.28. The molecule has 0 bridgehead atoms. The van der Waals surface area contributed by atoms with Gasteiger partial charge in [-0.05, 0) is 25.8 Å². The topological polar surface area (TPSA) is 32.3 Å². The summed E-state index contributed by atoms with van der Waals surface area (Å²) < 4.78 is 50.4. The fraction of sp³-hybridized carbons (Fsp3) is 0.909. The van der Waals surface area contributed by atoms with E-state index in [1.807, 2.05) is 0 Å². The predicted octanol–water partition coefficient (Wildman–Crippen LogP) is 1.88. The maximum atomic E-state index is 13.0. The average molecular weight is 270 g/mol. The van der Waals surface area contributed by atoms with Crippen LogP contribution in [0.4, 0.5) is 17.6 Å². The molecule has 1 rings (SSSR count). The van der Waals surface area contributed by atoms with Crippen LogP contribution in [0, 0.1) is 0 Å². The summed E-state index contributed by atoms with van der Waals surface area (Å²) in [7, 11) is 0. The summed E-state index contributed by atoms with van der Waals surface area (Å²) in [5, 5.41) is 3.05. The molecule has 106 valence electrons. The van der Waals surface area contributed by atoms with Crippen molar-refractivity contribution < 1.29 is 22.4 Å². The van der Waals surface area contributed by atoms with E-state index in [4.69, 9.17) is 0 Å². The zero-order chi connectivity index (χ0) is 13.8. The molecule has 7 heteroatoms. The minimum atomic E-state index is -4.59. The van der Waals surface area contributed by atoms with Crippen molar-refractivity contribution in [3.63, 3.8) is 0 Å². The first-order chi connectivity index (χ1) is 8.39. The van der Waals surface area contributed by atoms with Crippen LogP contribution in [0.25, 0.3) is 0 Å². The number of amides is 1. The number of nitrogens with zero attached hydrogens (tertiary/aromatic N) is 1. The molecule has 1 saturated heterocycles. The molecule has 3 nitrogen and oxygen atoms in total. The van der Waals surface area contributed by atoms with Crippen LogP contribution in [0.2, 0.25) is 0 Å². The van der Waals surface area contributed by atoms with Gasteiger partial charge in [-0.25, -0.2) is 8.78 Å². The Morgan fingerprint density at radius 1 is 1.50 bits per heavy atom. The number of carbonyl (C=O) groups excluding carboxylic acids is 1. The molecule has 1 aliphatic rings. The average Bonchev–Trinajstić information content (AvgIpc) is 2.80. The number of alkyl halides is 4. The van der Waals surface area contributed by atoms with E-state index in [1.54, 1.807) is 6.92 Å². The van der Waals surface area contributed by atoms with Crippen LogP contribution in [0.5, 0.6) is 0 Å². The van der Waals surface area contributed by atoms with E-state index in [2.05, 4.69) is 5.32 Å². The van der Waals surface area contributed by atoms with E-state index in [0.717, 1.165) is 24.3 Å². The zero-order valence-corrected chi connectivity index (χ0v) is 10.3. The van der Waals surface area contributed by atoms with Gasteiger partial charge in [0.1, 0.15) is 0 Å². The maximum Gasteiger partial charge on any atom is 0.383 e. The van der Waals surface area contributed by atoms with E-state index in [9.17, 15) is 22.4 Å². The Morgan fingerprint density at radius 3 is 2.61 bits per heavy atom. The van der Waals surface area contributed by atoms with Crippen LogP contribution >= 0.6 is 0 Å². The monoisotopic (exact) mass is 270 g/mol. The number of carbonyl (C=O) groups is 1. The van der Waals surface area contributed by atoms with Crippen molar-refractivity contribution in [3.8, 4) is 0 Å². The van der Waals surface area contributed by atoms with Crippen molar-refractivity contribution in [2.24, 2.45) is 0 Å². The Labute approximate surface area is 104 Å². The molecule has 0 spiro atoms. The van der Waals surface area contributed by atoms with Crippen molar-refractivity contribution in [2.45, 2.75) is 44.6 Å². The van der Waals surface area contributed by atoms with Crippen molar-refractivity contribution in [1.82, 2.24) is 10.2 Å². The normalized spacial score (nSPS) is 20.4.